The van der Waals surface area contributed by atoms with Gasteiger partial charge < -0.3 is 9.73 Å². The van der Waals surface area contributed by atoms with E-state index in [1.807, 2.05) is 6.07 Å². The minimum atomic E-state index is -0.389. The second-order valence-corrected chi connectivity index (χ2v) is 7.77. The molecular formula is C16H12BrFN6O2S. The van der Waals surface area contributed by atoms with Gasteiger partial charge in [0.1, 0.15) is 16.9 Å². The molecule has 0 aliphatic heterocycles. The van der Waals surface area contributed by atoms with Crippen molar-refractivity contribution >= 4 is 49.1 Å². The molecule has 0 saturated heterocycles. The molecule has 11 heteroatoms. The van der Waals surface area contributed by atoms with Crippen LogP contribution >= 0.6 is 27.3 Å². The van der Waals surface area contributed by atoms with Crippen molar-refractivity contribution in [2.24, 2.45) is 7.05 Å². The summed E-state index contributed by atoms with van der Waals surface area (Å²) in [6.07, 6.45) is 3.44. The van der Waals surface area contributed by atoms with Gasteiger partial charge in [-0.1, -0.05) is 15.9 Å². The number of amides is 1. The fourth-order valence-electron chi connectivity index (χ4n) is 2.47. The molecule has 0 bridgehead atoms. The van der Waals surface area contributed by atoms with Crippen molar-refractivity contribution in [1.82, 2.24) is 25.0 Å². The number of hydrogen-bond acceptors (Lipinski definition) is 7. The SMILES string of the molecule is Cn1cc(NC(=O)Cc2nnc(Cc3nc4c(F)cc(Br)cc4s3)o2)cn1. The quantitative estimate of drug-likeness (QED) is 0.501. The van der Waals surface area contributed by atoms with Gasteiger partial charge in [-0.3, -0.25) is 9.48 Å². The highest BCUT2D eigenvalue weighted by atomic mass is 79.9. The van der Waals surface area contributed by atoms with Crippen LogP contribution in [0, 0.1) is 5.82 Å². The number of rotatable bonds is 5. The van der Waals surface area contributed by atoms with Crippen LogP contribution in [0.2, 0.25) is 0 Å². The van der Waals surface area contributed by atoms with Gasteiger partial charge in [0.25, 0.3) is 0 Å². The van der Waals surface area contributed by atoms with E-state index in [0.717, 1.165) is 4.70 Å². The smallest absolute Gasteiger partial charge is 0.233 e. The third-order valence-electron chi connectivity index (χ3n) is 3.57. The van der Waals surface area contributed by atoms with Gasteiger partial charge in [0.2, 0.25) is 17.7 Å². The highest BCUT2D eigenvalue weighted by molar-refractivity contribution is 9.10. The summed E-state index contributed by atoms with van der Waals surface area (Å²) < 4.78 is 22.4. The Morgan fingerprint density at radius 2 is 2.19 bits per heavy atom. The Labute approximate surface area is 164 Å². The molecule has 4 aromatic rings. The molecule has 0 aliphatic carbocycles. The highest BCUT2D eigenvalue weighted by Gasteiger charge is 2.15. The summed E-state index contributed by atoms with van der Waals surface area (Å²) in [4.78, 5) is 16.3. The number of nitrogens with one attached hydrogen (secondary N) is 1. The number of aromatic nitrogens is 5. The molecule has 3 heterocycles. The monoisotopic (exact) mass is 450 g/mol. The molecule has 27 heavy (non-hydrogen) atoms. The number of nitrogens with zero attached hydrogens (tertiary/aromatic N) is 5. The Hall–Kier alpha value is -2.66. The van der Waals surface area contributed by atoms with Crippen molar-refractivity contribution in [1.29, 1.82) is 0 Å². The molecule has 0 spiro atoms. The van der Waals surface area contributed by atoms with Gasteiger partial charge in [-0.15, -0.1) is 21.5 Å². The van der Waals surface area contributed by atoms with E-state index in [1.54, 1.807) is 24.1 Å². The summed E-state index contributed by atoms with van der Waals surface area (Å²) in [5.41, 5.74) is 0.902. The Morgan fingerprint density at radius 1 is 1.37 bits per heavy atom. The predicted molar refractivity (Wildman–Crippen MR) is 99.9 cm³/mol. The molecule has 0 atom stereocenters. The molecular weight excluding hydrogens is 439 g/mol. The van der Waals surface area contributed by atoms with Crippen molar-refractivity contribution in [3.63, 3.8) is 0 Å². The van der Waals surface area contributed by atoms with Crippen LogP contribution in [0.25, 0.3) is 10.2 Å². The molecule has 138 valence electrons. The number of fused-ring (bicyclic) bond motifs is 1. The summed E-state index contributed by atoms with van der Waals surface area (Å²) in [6, 6.07) is 3.18. The van der Waals surface area contributed by atoms with E-state index in [9.17, 15) is 9.18 Å². The summed E-state index contributed by atoms with van der Waals surface area (Å²) in [5, 5.41) is 15.1. The van der Waals surface area contributed by atoms with Crippen molar-refractivity contribution in [2.75, 3.05) is 5.32 Å². The minimum Gasteiger partial charge on any atom is -0.424 e. The van der Waals surface area contributed by atoms with Gasteiger partial charge in [0.05, 0.1) is 23.0 Å². The maximum Gasteiger partial charge on any atom is 0.233 e. The molecule has 0 unspecified atom stereocenters. The Kier molecular flexibility index (Phi) is 4.70. The lowest BCUT2D eigenvalue weighted by molar-refractivity contribution is -0.115. The van der Waals surface area contributed by atoms with Gasteiger partial charge in [-0.25, -0.2) is 9.37 Å². The number of anilines is 1. The number of halogens is 2. The first-order chi connectivity index (χ1) is 13.0. The fraction of sp³-hybridized carbons (Fsp3) is 0.188. The van der Waals surface area contributed by atoms with E-state index in [4.69, 9.17) is 4.42 Å². The lowest BCUT2D eigenvalue weighted by atomic mass is 10.3. The average molecular weight is 451 g/mol. The van der Waals surface area contributed by atoms with Crippen LogP contribution in [0.5, 0.6) is 0 Å². The zero-order valence-electron chi connectivity index (χ0n) is 13.9. The van der Waals surface area contributed by atoms with Crippen LogP contribution in [0.4, 0.5) is 10.1 Å². The van der Waals surface area contributed by atoms with Crippen LogP contribution < -0.4 is 5.32 Å². The first kappa shape index (κ1) is 17.7. The normalized spacial score (nSPS) is 11.2. The molecule has 0 aliphatic rings. The number of carbonyl (C=O) groups is 1. The maximum atomic E-state index is 13.9. The first-order valence-electron chi connectivity index (χ1n) is 7.80. The molecule has 4 rings (SSSR count). The minimum absolute atomic E-state index is 0.0523. The van der Waals surface area contributed by atoms with Crippen LogP contribution in [-0.4, -0.2) is 30.9 Å². The molecule has 0 fully saturated rings. The van der Waals surface area contributed by atoms with Gasteiger partial charge in [-0.2, -0.15) is 5.10 Å². The zero-order valence-corrected chi connectivity index (χ0v) is 16.3. The second-order valence-electron chi connectivity index (χ2n) is 5.74. The van der Waals surface area contributed by atoms with E-state index in [0.29, 0.717) is 26.6 Å². The fourth-order valence-corrected chi connectivity index (χ4v) is 4.06. The Morgan fingerprint density at radius 3 is 2.96 bits per heavy atom. The lowest BCUT2D eigenvalue weighted by Gasteiger charge is -1.98. The molecule has 8 nitrogen and oxygen atoms in total. The molecule has 1 N–H and O–H groups in total. The predicted octanol–water partition coefficient (Wildman–Crippen LogP) is 3.09. The van der Waals surface area contributed by atoms with Crippen molar-refractivity contribution in [3.8, 4) is 0 Å². The Bertz CT molecular complexity index is 1140. The van der Waals surface area contributed by atoms with E-state index in [2.05, 4.69) is 41.5 Å². The highest BCUT2D eigenvalue weighted by Crippen LogP contribution is 2.29. The van der Waals surface area contributed by atoms with E-state index in [-0.39, 0.29) is 30.5 Å². The molecule has 3 aromatic heterocycles. The Balaban J connectivity index is 1.43. The maximum absolute atomic E-state index is 13.9. The number of hydrogen-bond donors (Lipinski definition) is 1. The van der Waals surface area contributed by atoms with Gasteiger partial charge in [-0.05, 0) is 12.1 Å². The van der Waals surface area contributed by atoms with Crippen LogP contribution in [0.15, 0.2) is 33.4 Å². The van der Waals surface area contributed by atoms with Crippen LogP contribution in [0.3, 0.4) is 0 Å². The zero-order chi connectivity index (χ0) is 19.0. The van der Waals surface area contributed by atoms with Crippen LogP contribution in [-0.2, 0) is 24.7 Å². The summed E-state index contributed by atoms with van der Waals surface area (Å²) >= 11 is 4.62. The lowest BCUT2D eigenvalue weighted by Crippen LogP contribution is -2.14. The third kappa shape index (κ3) is 4.03. The summed E-state index contributed by atoms with van der Waals surface area (Å²) in [5.74, 6) is -0.163. The first-order valence-corrected chi connectivity index (χ1v) is 9.41. The molecule has 0 saturated carbocycles. The number of aryl methyl sites for hydroxylation is 1. The average Bonchev–Trinajstić information content (AvgIpc) is 3.29. The molecule has 0 radical (unpaired) electrons. The van der Waals surface area contributed by atoms with Crippen molar-refractivity contribution < 1.29 is 13.6 Å². The van der Waals surface area contributed by atoms with E-state index < -0.39 is 0 Å². The van der Waals surface area contributed by atoms with Crippen molar-refractivity contribution in [2.45, 2.75) is 12.8 Å². The number of benzene rings is 1. The standard InChI is InChI=1S/C16H12BrFN6O2S/c1-24-7-9(6-19-24)20-12(25)4-13-22-23-14(26-13)5-15-21-16-10(18)2-8(17)3-11(16)27-15/h2-3,6-7H,4-5H2,1H3,(H,20,25). The van der Waals surface area contributed by atoms with Gasteiger partial charge >= 0.3 is 0 Å². The number of carbonyl (C=O) groups excluding carboxylic acids is 1. The molecule has 1 amide bonds. The molecule has 1 aromatic carbocycles. The third-order valence-corrected chi connectivity index (χ3v) is 5.03. The van der Waals surface area contributed by atoms with E-state index >= 15 is 0 Å². The second kappa shape index (κ2) is 7.16. The topological polar surface area (TPSA) is 98.7 Å². The number of thiazole rings is 1. The van der Waals surface area contributed by atoms with Gasteiger partial charge in [0.15, 0.2) is 5.82 Å². The summed E-state index contributed by atoms with van der Waals surface area (Å²) in [7, 11) is 1.76. The van der Waals surface area contributed by atoms with E-state index in [1.165, 1.54) is 17.4 Å². The largest absolute Gasteiger partial charge is 0.424 e. The van der Waals surface area contributed by atoms with Gasteiger partial charge in [0, 0.05) is 17.7 Å². The summed E-state index contributed by atoms with van der Waals surface area (Å²) in [6.45, 7) is 0. The van der Waals surface area contributed by atoms with Crippen molar-refractivity contribution in [3.05, 3.63) is 51.6 Å². The van der Waals surface area contributed by atoms with Crippen LogP contribution in [0.1, 0.15) is 16.8 Å².